The van der Waals surface area contributed by atoms with Gasteiger partial charge in [-0.1, -0.05) is 24.3 Å². The highest BCUT2D eigenvalue weighted by molar-refractivity contribution is 6.03. The molecule has 10 heteroatoms. The Morgan fingerprint density at radius 2 is 1.81 bits per heavy atom. The first kappa shape index (κ1) is 24.3. The summed E-state index contributed by atoms with van der Waals surface area (Å²) in [7, 11) is 1.49. The van der Waals surface area contributed by atoms with Crippen molar-refractivity contribution >= 4 is 17.3 Å². The first-order valence-electron chi connectivity index (χ1n) is 11.0. The Morgan fingerprint density at radius 3 is 2.56 bits per heavy atom. The average Bonchev–Trinajstić information content (AvgIpc) is 3.34. The number of methoxy groups -OCH3 is 1. The summed E-state index contributed by atoms with van der Waals surface area (Å²) in [5.74, 6) is 1.19. The molecule has 0 radical (unpaired) electrons. The molecule has 0 saturated heterocycles. The van der Waals surface area contributed by atoms with Crippen LogP contribution in [0.25, 0.3) is 0 Å². The normalized spacial score (nSPS) is 10.5. The third-order valence-corrected chi connectivity index (χ3v) is 5.23. The molecule has 0 aliphatic rings. The van der Waals surface area contributed by atoms with Crippen molar-refractivity contribution in [1.82, 2.24) is 9.78 Å². The van der Waals surface area contributed by atoms with E-state index in [1.165, 1.54) is 36.1 Å². The molecule has 3 aromatic carbocycles. The predicted octanol–water partition coefficient (Wildman–Crippen LogP) is 5.50. The van der Waals surface area contributed by atoms with Crippen molar-refractivity contribution in [2.75, 3.05) is 12.4 Å². The lowest BCUT2D eigenvalue weighted by Crippen LogP contribution is -2.14. The number of aryl methyl sites for hydroxylation is 2. The first-order chi connectivity index (χ1) is 17.3. The summed E-state index contributed by atoms with van der Waals surface area (Å²) < 4.78 is 18.4. The van der Waals surface area contributed by atoms with Crippen LogP contribution in [0.3, 0.4) is 0 Å². The van der Waals surface area contributed by atoms with Gasteiger partial charge in [0, 0.05) is 18.3 Å². The zero-order chi connectivity index (χ0) is 25.7. The number of amides is 1. The van der Waals surface area contributed by atoms with Gasteiger partial charge in [-0.2, -0.15) is 5.10 Å². The Bertz CT molecular complexity index is 1420. The molecule has 10 nitrogen and oxygen atoms in total. The van der Waals surface area contributed by atoms with Gasteiger partial charge in [-0.15, -0.1) is 0 Å². The Labute approximate surface area is 207 Å². The molecular formula is C26H24N4O6. The molecule has 0 aliphatic carbocycles. The average molecular weight is 489 g/mol. The van der Waals surface area contributed by atoms with Gasteiger partial charge in [0.2, 0.25) is 0 Å². The van der Waals surface area contributed by atoms with E-state index in [9.17, 15) is 14.9 Å². The number of non-ortho nitro benzene ring substituents is 1. The molecule has 4 aromatic rings. The molecule has 0 spiro atoms. The maximum Gasteiger partial charge on any atom is 0.276 e. The van der Waals surface area contributed by atoms with Gasteiger partial charge in [0.1, 0.15) is 11.5 Å². The fourth-order valence-corrected chi connectivity index (χ4v) is 3.40. The lowest BCUT2D eigenvalue weighted by atomic mass is 10.1. The standard InChI is InChI=1S/C26H24N4O6/c1-17-8-9-18(2)25(12-17)35-16-29-11-10-22(28-29)26(31)27-19-13-20(30(32)33)15-21(14-19)36-24-7-5-4-6-23(24)34-3/h4-15H,16H2,1-3H3,(H,27,31). The number of hydrogen-bond donors (Lipinski definition) is 1. The number of nitro groups is 1. The number of nitro benzene ring substituents is 1. The first-order valence-corrected chi connectivity index (χ1v) is 11.0. The van der Waals surface area contributed by atoms with E-state index in [-0.39, 0.29) is 29.5 Å². The Balaban J connectivity index is 1.48. The predicted molar refractivity (Wildman–Crippen MR) is 133 cm³/mol. The number of rotatable bonds is 9. The van der Waals surface area contributed by atoms with Gasteiger partial charge in [-0.25, -0.2) is 4.68 Å². The number of aromatic nitrogens is 2. The van der Waals surface area contributed by atoms with Crippen LogP contribution in [0.5, 0.6) is 23.0 Å². The number of ether oxygens (including phenoxy) is 3. The molecule has 1 N–H and O–H groups in total. The molecule has 36 heavy (non-hydrogen) atoms. The van der Waals surface area contributed by atoms with E-state index in [1.54, 1.807) is 30.5 Å². The number of para-hydroxylation sites is 2. The maximum atomic E-state index is 12.8. The van der Waals surface area contributed by atoms with E-state index >= 15 is 0 Å². The van der Waals surface area contributed by atoms with Gasteiger partial charge in [-0.05, 0) is 49.2 Å². The molecule has 4 rings (SSSR count). The zero-order valence-electron chi connectivity index (χ0n) is 19.9. The van der Waals surface area contributed by atoms with Crippen LogP contribution in [0, 0.1) is 24.0 Å². The Morgan fingerprint density at radius 1 is 1.03 bits per heavy atom. The van der Waals surface area contributed by atoms with Crippen molar-refractivity contribution in [3.8, 4) is 23.0 Å². The quantitative estimate of drug-likeness (QED) is 0.244. The smallest absolute Gasteiger partial charge is 0.276 e. The van der Waals surface area contributed by atoms with Crippen molar-refractivity contribution in [1.29, 1.82) is 0 Å². The lowest BCUT2D eigenvalue weighted by Gasteiger charge is -2.11. The molecule has 1 amide bonds. The van der Waals surface area contributed by atoms with Crippen LogP contribution in [0.15, 0.2) is 72.9 Å². The van der Waals surface area contributed by atoms with Gasteiger partial charge >= 0.3 is 0 Å². The maximum absolute atomic E-state index is 12.8. The molecule has 0 bridgehead atoms. The van der Waals surface area contributed by atoms with E-state index in [0.717, 1.165) is 16.9 Å². The van der Waals surface area contributed by atoms with Crippen LogP contribution in [0.1, 0.15) is 21.6 Å². The summed E-state index contributed by atoms with van der Waals surface area (Å²) in [5.41, 5.74) is 2.12. The van der Waals surface area contributed by atoms with E-state index in [4.69, 9.17) is 14.2 Å². The Hall–Kier alpha value is -4.86. The fraction of sp³-hybridized carbons (Fsp3) is 0.154. The van der Waals surface area contributed by atoms with E-state index < -0.39 is 10.8 Å². The van der Waals surface area contributed by atoms with E-state index in [0.29, 0.717) is 11.5 Å². The molecule has 0 aliphatic heterocycles. The zero-order valence-corrected chi connectivity index (χ0v) is 19.9. The number of anilines is 1. The molecule has 184 valence electrons. The summed E-state index contributed by atoms with van der Waals surface area (Å²) >= 11 is 0. The third-order valence-electron chi connectivity index (χ3n) is 5.23. The van der Waals surface area contributed by atoms with Crippen LogP contribution >= 0.6 is 0 Å². The number of nitrogens with zero attached hydrogens (tertiary/aromatic N) is 3. The van der Waals surface area contributed by atoms with Crippen LogP contribution < -0.4 is 19.5 Å². The van der Waals surface area contributed by atoms with Crippen molar-refractivity contribution in [3.05, 3.63) is 99.9 Å². The second kappa shape index (κ2) is 10.6. The third kappa shape index (κ3) is 5.79. The molecule has 1 aromatic heterocycles. The molecule has 0 fully saturated rings. The van der Waals surface area contributed by atoms with Gasteiger partial charge in [0.15, 0.2) is 23.9 Å². The largest absolute Gasteiger partial charge is 0.493 e. The van der Waals surface area contributed by atoms with E-state index in [1.807, 2.05) is 32.0 Å². The molecule has 0 unspecified atom stereocenters. The van der Waals surface area contributed by atoms with Gasteiger partial charge in [-0.3, -0.25) is 14.9 Å². The Kier molecular flexibility index (Phi) is 7.15. The number of carbonyl (C=O) groups is 1. The minimum Gasteiger partial charge on any atom is -0.493 e. The van der Waals surface area contributed by atoms with Crippen LogP contribution in [0.4, 0.5) is 11.4 Å². The monoisotopic (exact) mass is 488 g/mol. The highest BCUT2D eigenvalue weighted by Crippen LogP contribution is 2.34. The van der Waals surface area contributed by atoms with Crippen LogP contribution in [-0.2, 0) is 6.73 Å². The van der Waals surface area contributed by atoms with Crippen molar-refractivity contribution < 1.29 is 23.9 Å². The van der Waals surface area contributed by atoms with Gasteiger partial charge in [0.05, 0.1) is 23.8 Å². The number of nitrogens with one attached hydrogen (secondary N) is 1. The number of benzene rings is 3. The molecule has 0 atom stereocenters. The van der Waals surface area contributed by atoms with E-state index in [2.05, 4.69) is 10.4 Å². The van der Waals surface area contributed by atoms with Crippen molar-refractivity contribution in [2.24, 2.45) is 0 Å². The molecular weight excluding hydrogens is 464 g/mol. The number of carbonyl (C=O) groups excluding carboxylic acids is 1. The second-order valence-electron chi connectivity index (χ2n) is 7.96. The minimum atomic E-state index is -0.565. The highest BCUT2D eigenvalue weighted by atomic mass is 16.6. The lowest BCUT2D eigenvalue weighted by molar-refractivity contribution is -0.384. The summed E-state index contributed by atoms with van der Waals surface area (Å²) in [5, 5.41) is 18.3. The highest BCUT2D eigenvalue weighted by Gasteiger charge is 2.16. The summed E-state index contributed by atoms with van der Waals surface area (Å²) in [6.45, 7) is 4.04. The van der Waals surface area contributed by atoms with Gasteiger partial charge < -0.3 is 19.5 Å². The second-order valence-corrected chi connectivity index (χ2v) is 7.96. The van der Waals surface area contributed by atoms with Gasteiger partial charge in [0.25, 0.3) is 11.6 Å². The minimum absolute atomic E-state index is 0.116. The fourth-order valence-electron chi connectivity index (χ4n) is 3.40. The van der Waals surface area contributed by atoms with Crippen LogP contribution in [-0.4, -0.2) is 27.7 Å². The van der Waals surface area contributed by atoms with Crippen LogP contribution in [0.2, 0.25) is 0 Å². The summed E-state index contributed by atoms with van der Waals surface area (Å²) in [6, 6.07) is 18.3. The molecule has 0 saturated carbocycles. The summed E-state index contributed by atoms with van der Waals surface area (Å²) in [4.78, 5) is 23.7. The van der Waals surface area contributed by atoms with Crippen molar-refractivity contribution in [2.45, 2.75) is 20.6 Å². The van der Waals surface area contributed by atoms with Crippen molar-refractivity contribution in [3.63, 3.8) is 0 Å². The SMILES string of the molecule is COc1ccccc1Oc1cc(NC(=O)c2ccn(COc3cc(C)ccc3C)n2)cc([N+](=O)[O-])c1. The molecule has 1 heterocycles. The summed E-state index contributed by atoms with van der Waals surface area (Å²) in [6.07, 6.45) is 1.61. The topological polar surface area (TPSA) is 118 Å². The number of hydrogen-bond acceptors (Lipinski definition) is 7.